The number of carbonyl (C=O) groups excluding carboxylic acids is 1. The van der Waals surface area contributed by atoms with Gasteiger partial charge in [0, 0.05) is 12.1 Å². The molecule has 0 radical (unpaired) electrons. The normalized spacial score (nSPS) is 7.71. The van der Waals surface area contributed by atoms with Crippen molar-refractivity contribution in [1.29, 1.82) is 0 Å². The molecule has 0 heterocycles. The highest BCUT2D eigenvalue weighted by molar-refractivity contribution is 7.95. The summed E-state index contributed by atoms with van der Waals surface area (Å²) < 4.78 is 6.27. The molecule has 0 aliphatic heterocycles. The van der Waals surface area contributed by atoms with E-state index in [0.717, 1.165) is 0 Å². The Balaban J connectivity index is 3.00. The van der Waals surface area contributed by atoms with Crippen molar-refractivity contribution in [1.82, 2.24) is 4.72 Å². The van der Waals surface area contributed by atoms with Crippen LogP contribution in [0.1, 0.15) is 0 Å². The largest absolute Gasteiger partial charge is 0.452 e. The minimum absolute atomic E-state index is 0.535. The van der Waals surface area contributed by atoms with E-state index in [1.54, 1.807) is 0 Å². The molecule has 0 saturated heterocycles. The van der Waals surface area contributed by atoms with Gasteiger partial charge in [0.05, 0.1) is 7.11 Å². The van der Waals surface area contributed by atoms with Gasteiger partial charge in [-0.05, 0) is 0 Å². The van der Waals surface area contributed by atoms with E-state index in [9.17, 15) is 4.79 Å². The zero-order valence-electron chi connectivity index (χ0n) is 3.80. The summed E-state index contributed by atoms with van der Waals surface area (Å²) in [7, 11) is 1.27. The Morgan fingerprint density at radius 1 is 2.00 bits per heavy atom. The lowest BCUT2D eigenvalue weighted by atomic mass is 11.2. The molecule has 7 heavy (non-hydrogen) atoms. The number of rotatable bonds is 1. The average Bonchev–Trinajstić information content (AvgIpc) is 1.68. The zero-order chi connectivity index (χ0) is 5.70. The minimum Gasteiger partial charge on any atom is -0.452 e. The molecule has 0 unspecified atom stereocenters. The molecule has 0 aromatic carbocycles. The van der Waals surface area contributed by atoms with Gasteiger partial charge in [-0.25, -0.2) is 4.79 Å². The molecule has 0 spiro atoms. The van der Waals surface area contributed by atoms with Crippen molar-refractivity contribution < 1.29 is 9.53 Å². The van der Waals surface area contributed by atoms with Gasteiger partial charge in [-0.3, -0.25) is 9.86 Å². The van der Waals surface area contributed by atoms with Gasteiger partial charge in [0.1, 0.15) is 0 Å². The van der Waals surface area contributed by atoms with Crippen LogP contribution in [0, 0.1) is 0 Å². The van der Waals surface area contributed by atoms with E-state index >= 15 is 0 Å². The predicted octanol–water partition coefficient (Wildman–Crippen LogP) is -0.136. The van der Waals surface area contributed by atoms with E-state index in [4.69, 9.17) is 5.14 Å². The summed E-state index contributed by atoms with van der Waals surface area (Å²) in [6.45, 7) is 0. The molecular weight excluding hydrogens is 116 g/mol. The SMILES string of the molecule is COC(=O)NSN. The van der Waals surface area contributed by atoms with Crippen LogP contribution in [0.5, 0.6) is 0 Å². The van der Waals surface area contributed by atoms with Crippen LogP contribution in [-0.4, -0.2) is 13.2 Å². The highest BCUT2D eigenvalue weighted by atomic mass is 32.2. The van der Waals surface area contributed by atoms with Crippen molar-refractivity contribution in [3.8, 4) is 0 Å². The first-order valence-electron chi connectivity index (χ1n) is 1.51. The third-order valence-electron chi connectivity index (χ3n) is 0.328. The Hall–Kier alpha value is -0.420. The topological polar surface area (TPSA) is 64.3 Å². The summed E-state index contributed by atoms with van der Waals surface area (Å²) >= 11 is 0.710. The molecule has 0 bridgehead atoms. The Morgan fingerprint density at radius 2 is 2.57 bits per heavy atom. The lowest BCUT2D eigenvalue weighted by Crippen LogP contribution is -2.16. The van der Waals surface area contributed by atoms with Crippen LogP contribution < -0.4 is 9.86 Å². The maximum atomic E-state index is 9.98. The number of hydrogen-bond donors (Lipinski definition) is 2. The van der Waals surface area contributed by atoms with Crippen molar-refractivity contribution in [2.24, 2.45) is 5.14 Å². The number of nitrogens with two attached hydrogens (primary N) is 1. The van der Waals surface area contributed by atoms with Crippen molar-refractivity contribution in [2.75, 3.05) is 7.11 Å². The third kappa shape index (κ3) is 3.41. The highest BCUT2D eigenvalue weighted by Crippen LogP contribution is 1.76. The van der Waals surface area contributed by atoms with Gasteiger partial charge in [-0.2, -0.15) is 0 Å². The number of nitrogens with one attached hydrogen (secondary N) is 1. The molecule has 5 heteroatoms. The quantitative estimate of drug-likeness (QED) is 0.475. The van der Waals surface area contributed by atoms with Crippen LogP contribution in [0.4, 0.5) is 4.79 Å². The fraction of sp³-hybridized carbons (Fsp3) is 0.500. The van der Waals surface area contributed by atoms with E-state index in [0.29, 0.717) is 12.1 Å². The Morgan fingerprint density at radius 3 is 2.71 bits per heavy atom. The smallest absolute Gasteiger partial charge is 0.417 e. The van der Waals surface area contributed by atoms with Crippen LogP contribution in [0.25, 0.3) is 0 Å². The van der Waals surface area contributed by atoms with Crippen molar-refractivity contribution >= 4 is 18.2 Å². The lowest BCUT2D eigenvalue weighted by Gasteiger charge is -1.93. The van der Waals surface area contributed by atoms with Crippen LogP contribution in [0.15, 0.2) is 0 Å². The van der Waals surface area contributed by atoms with Gasteiger partial charge < -0.3 is 4.74 Å². The standard InChI is InChI=1S/C2H6N2O2S/c1-6-2(5)4-7-3/h3H2,1H3,(H,4,5). The summed E-state index contributed by atoms with van der Waals surface area (Å²) in [4.78, 5) is 9.98. The number of ether oxygens (including phenoxy) is 1. The number of hydrogen-bond acceptors (Lipinski definition) is 4. The van der Waals surface area contributed by atoms with Crippen LogP contribution in [0.3, 0.4) is 0 Å². The summed E-state index contributed by atoms with van der Waals surface area (Å²) in [6.07, 6.45) is -0.535. The van der Waals surface area contributed by atoms with Gasteiger partial charge in [0.25, 0.3) is 0 Å². The fourth-order valence-corrected chi connectivity index (χ4v) is 0.269. The van der Waals surface area contributed by atoms with Crippen LogP contribution in [-0.2, 0) is 4.74 Å². The molecule has 3 N–H and O–H groups in total. The molecule has 0 rings (SSSR count). The molecule has 0 atom stereocenters. The summed E-state index contributed by atoms with van der Waals surface area (Å²) in [5, 5.41) is 4.81. The summed E-state index contributed by atoms with van der Waals surface area (Å²) in [5.74, 6) is 0. The number of carbonyl (C=O) groups is 1. The van der Waals surface area contributed by atoms with E-state index in [1.807, 2.05) is 0 Å². The van der Waals surface area contributed by atoms with Crippen molar-refractivity contribution in [3.05, 3.63) is 0 Å². The molecule has 0 fully saturated rings. The number of amides is 1. The highest BCUT2D eigenvalue weighted by Gasteiger charge is 1.90. The maximum absolute atomic E-state index is 9.98. The lowest BCUT2D eigenvalue weighted by molar-refractivity contribution is 0.178. The van der Waals surface area contributed by atoms with E-state index < -0.39 is 6.09 Å². The maximum Gasteiger partial charge on any atom is 0.417 e. The Bertz CT molecular complexity index is 66.7. The first kappa shape index (κ1) is 6.58. The van der Waals surface area contributed by atoms with Gasteiger partial charge >= 0.3 is 6.09 Å². The second-order valence-electron chi connectivity index (χ2n) is 0.711. The first-order chi connectivity index (χ1) is 3.31. The van der Waals surface area contributed by atoms with Gasteiger partial charge in [0.15, 0.2) is 0 Å². The summed E-state index contributed by atoms with van der Waals surface area (Å²) in [5.41, 5.74) is 0. The van der Waals surface area contributed by atoms with E-state index in [-0.39, 0.29) is 0 Å². The monoisotopic (exact) mass is 122 g/mol. The van der Waals surface area contributed by atoms with Crippen LogP contribution in [0.2, 0.25) is 0 Å². The third-order valence-corrected chi connectivity index (χ3v) is 0.612. The minimum atomic E-state index is -0.535. The van der Waals surface area contributed by atoms with E-state index in [2.05, 4.69) is 9.46 Å². The first-order valence-corrected chi connectivity index (χ1v) is 2.39. The molecule has 0 aliphatic carbocycles. The second kappa shape index (κ2) is 3.76. The fourth-order valence-electron chi connectivity index (χ4n) is 0.0898. The Kier molecular flexibility index (Phi) is 3.53. The zero-order valence-corrected chi connectivity index (χ0v) is 4.62. The predicted molar refractivity (Wildman–Crippen MR) is 27.3 cm³/mol. The summed E-state index contributed by atoms with van der Waals surface area (Å²) in [6, 6.07) is 0. The van der Waals surface area contributed by atoms with Gasteiger partial charge in [-0.15, -0.1) is 0 Å². The second-order valence-corrected chi connectivity index (χ2v) is 1.15. The molecular formula is C2H6N2O2S. The van der Waals surface area contributed by atoms with Crippen LogP contribution >= 0.6 is 12.1 Å². The molecule has 0 saturated carbocycles. The van der Waals surface area contributed by atoms with Crippen molar-refractivity contribution in [2.45, 2.75) is 0 Å². The Labute approximate surface area is 45.7 Å². The van der Waals surface area contributed by atoms with Gasteiger partial charge in [0.2, 0.25) is 0 Å². The van der Waals surface area contributed by atoms with Gasteiger partial charge in [-0.1, -0.05) is 0 Å². The molecule has 0 aromatic heterocycles. The molecule has 4 nitrogen and oxygen atoms in total. The molecule has 42 valence electrons. The average molecular weight is 122 g/mol. The van der Waals surface area contributed by atoms with Crippen molar-refractivity contribution in [3.63, 3.8) is 0 Å². The molecule has 0 aliphatic rings. The van der Waals surface area contributed by atoms with E-state index in [1.165, 1.54) is 7.11 Å². The number of methoxy groups -OCH3 is 1. The molecule has 0 aromatic rings. The molecule has 1 amide bonds.